The minimum absolute atomic E-state index is 0.0587. The van der Waals surface area contributed by atoms with E-state index in [4.69, 9.17) is 0 Å². The smallest absolute Gasteiger partial charge is 0.263 e. The lowest BCUT2D eigenvalue weighted by Crippen LogP contribution is -2.29. The fourth-order valence-corrected chi connectivity index (χ4v) is 3.86. The van der Waals surface area contributed by atoms with Crippen molar-refractivity contribution in [2.75, 3.05) is 5.32 Å². The molecule has 5 aromatic rings. The minimum Gasteiger partial charge on any atom is -0.342 e. The number of H-pyrrole nitrogens is 1. The average molecular weight is 452 g/mol. The molecule has 0 fully saturated rings. The van der Waals surface area contributed by atoms with Gasteiger partial charge < -0.3 is 14.9 Å². The third-order valence-electron chi connectivity index (χ3n) is 5.57. The molecule has 2 aromatic heterocycles. The number of benzene rings is 3. The van der Waals surface area contributed by atoms with Crippen LogP contribution in [0.25, 0.3) is 11.0 Å². The molecule has 0 aliphatic heterocycles. The molecular weight excluding hydrogens is 431 g/mol. The van der Waals surface area contributed by atoms with Crippen molar-refractivity contribution in [2.45, 2.75) is 13.0 Å². The highest BCUT2D eigenvalue weighted by atomic mass is 19.1. The van der Waals surface area contributed by atoms with Gasteiger partial charge in [0.15, 0.2) is 0 Å². The summed E-state index contributed by atoms with van der Waals surface area (Å²) >= 11 is 0. The van der Waals surface area contributed by atoms with Gasteiger partial charge in [-0.1, -0.05) is 48.5 Å². The molecule has 34 heavy (non-hydrogen) atoms. The number of hydrogen-bond donors (Lipinski definition) is 2. The van der Waals surface area contributed by atoms with E-state index in [1.165, 1.54) is 16.7 Å². The zero-order valence-corrected chi connectivity index (χ0v) is 18.2. The SMILES string of the molecule is O=C(Nc1ccc2nc(Cc3ccccc3F)[nH]c2c1)c1cccn(Cc2ccccc2)c1=O. The van der Waals surface area contributed by atoms with Crippen LogP contribution < -0.4 is 10.9 Å². The Bertz CT molecular complexity index is 1540. The topological polar surface area (TPSA) is 79.8 Å². The van der Waals surface area contributed by atoms with Gasteiger partial charge in [0, 0.05) is 18.3 Å². The Kier molecular flexibility index (Phi) is 5.74. The maximum absolute atomic E-state index is 14.0. The molecule has 5 rings (SSSR count). The summed E-state index contributed by atoms with van der Waals surface area (Å²) in [5.41, 5.74) is 3.15. The molecule has 7 heteroatoms. The first-order valence-corrected chi connectivity index (χ1v) is 10.8. The summed E-state index contributed by atoms with van der Waals surface area (Å²) < 4.78 is 15.5. The molecule has 0 bridgehead atoms. The number of fused-ring (bicyclic) bond motifs is 1. The second kappa shape index (κ2) is 9.15. The Hall–Kier alpha value is -4.52. The van der Waals surface area contributed by atoms with Crippen LogP contribution in [-0.2, 0) is 13.0 Å². The van der Waals surface area contributed by atoms with Crippen molar-refractivity contribution in [1.29, 1.82) is 0 Å². The van der Waals surface area contributed by atoms with E-state index in [1.54, 1.807) is 48.7 Å². The highest BCUT2D eigenvalue weighted by Gasteiger charge is 2.14. The summed E-state index contributed by atoms with van der Waals surface area (Å²) in [5, 5.41) is 2.79. The largest absolute Gasteiger partial charge is 0.342 e. The number of aromatic amines is 1. The molecule has 0 aliphatic carbocycles. The van der Waals surface area contributed by atoms with Crippen LogP contribution in [0.1, 0.15) is 27.3 Å². The Morgan fingerprint density at radius 1 is 0.971 bits per heavy atom. The molecule has 0 saturated carbocycles. The van der Waals surface area contributed by atoms with Gasteiger partial charge in [-0.15, -0.1) is 0 Å². The van der Waals surface area contributed by atoms with Gasteiger partial charge in [-0.2, -0.15) is 0 Å². The van der Waals surface area contributed by atoms with E-state index in [2.05, 4.69) is 15.3 Å². The van der Waals surface area contributed by atoms with Crippen LogP contribution in [0, 0.1) is 5.82 Å². The number of amides is 1. The molecule has 2 heterocycles. The van der Waals surface area contributed by atoms with E-state index in [-0.39, 0.29) is 16.9 Å². The number of carbonyl (C=O) groups excluding carboxylic acids is 1. The van der Waals surface area contributed by atoms with Crippen LogP contribution in [0.4, 0.5) is 10.1 Å². The Morgan fingerprint density at radius 2 is 1.76 bits per heavy atom. The highest BCUT2D eigenvalue weighted by Crippen LogP contribution is 2.20. The molecule has 0 atom stereocenters. The normalized spacial score (nSPS) is 11.0. The zero-order chi connectivity index (χ0) is 23.5. The van der Waals surface area contributed by atoms with Crippen LogP contribution in [-0.4, -0.2) is 20.4 Å². The van der Waals surface area contributed by atoms with Crippen molar-refractivity contribution < 1.29 is 9.18 Å². The third kappa shape index (κ3) is 4.49. The van der Waals surface area contributed by atoms with Gasteiger partial charge in [-0.3, -0.25) is 9.59 Å². The van der Waals surface area contributed by atoms with E-state index < -0.39 is 5.91 Å². The summed E-state index contributed by atoms with van der Waals surface area (Å²) in [4.78, 5) is 33.4. The molecular formula is C27H21FN4O2. The quantitative estimate of drug-likeness (QED) is 0.390. The number of pyridine rings is 1. The predicted molar refractivity (Wildman–Crippen MR) is 129 cm³/mol. The number of halogens is 1. The van der Waals surface area contributed by atoms with Crippen LogP contribution in [0.2, 0.25) is 0 Å². The van der Waals surface area contributed by atoms with Crippen molar-refractivity contribution >= 4 is 22.6 Å². The van der Waals surface area contributed by atoms with Gasteiger partial charge in [0.05, 0.1) is 17.6 Å². The van der Waals surface area contributed by atoms with E-state index in [1.807, 2.05) is 30.3 Å². The number of aromatic nitrogens is 3. The lowest BCUT2D eigenvalue weighted by molar-refractivity contribution is 0.102. The standard InChI is InChI=1S/C27H21FN4O2/c28-22-11-5-4-9-19(22)15-25-30-23-13-12-20(16-24(23)31-25)29-26(33)21-10-6-14-32(27(21)34)17-18-7-2-1-3-8-18/h1-14,16H,15,17H2,(H,29,33)(H,30,31). The molecule has 1 amide bonds. The van der Waals surface area contributed by atoms with Crippen LogP contribution in [0.3, 0.4) is 0 Å². The van der Waals surface area contributed by atoms with Gasteiger partial charge in [0.25, 0.3) is 11.5 Å². The van der Waals surface area contributed by atoms with E-state index in [0.717, 1.165) is 5.56 Å². The number of carbonyl (C=O) groups is 1. The first kappa shape index (κ1) is 21.3. The molecule has 0 radical (unpaired) electrons. The van der Waals surface area contributed by atoms with Gasteiger partial charge in [-0.25, -0.2) is 9.37 Å². The fraction of sp³-hybridized carbons (Fsp3) is 0.0741. The highest BCUT2D eigenvalue weighted by molar-refractivity contribution is 6.04. The summed E-state index contributed by atoms with van der Waals surface area (Å²) in [5.74, 6) is -0.148. The van der Waals surface area contributed by atoms with Crippen molar-refractivity contribution in [1.82, 2.24) is 14.5 Å². The molecule has 168 valence electrons. The van der Waals surface area contributed by atoms with Gasteiger partial charge >= 0.3 is 0 Å². The minimum atomic E-state index is -0.488. The Labute approximate surface area is 194 Å². The molecule has 0 unspecified atom stereocenters. The number of imidazole rings is 1. The van der Waals surface area contributed by atoms with Gasteiger partial charge in [0.2, 0.25) is 0 Å². The lowest BCUT2D eigenvalue weighted by atomic mass is 10.1. The molecule has 0 saturated heterocycles. The second-order valence-corrected chi connectivity index (χ2v) is 7.98. The number of hydrogen-bond acceptors (Lipinski definition) is 3. The lowest BCUT2D eigenvalue weighted by Gasteiger charge is -2.09. The molecule has 3 aromatic carbocycles. The van der Waals surface area contributed by atoms with E-state index >= 15 is 0 Å². The molecule has 0 aliphatic rings. The number of nitrogens with zero attached hydrogens (tertiary/aromatic N) is 2. The first-order chi connectivity index (χ1) is 16.6. The monoisotopic (exact) mass is 452 g/mol. The van der Waals surface area contributed by atoms with Crippen molar-refractivity contribution in [2.24, 2.45) is 0 Å². The van der Waals surface area contributed by atoms with Crippen LogP contribution in [0.15, 0.2) is 95.9 Å². The predicted octanol–water partition coefficient (Wildman–Crippen LogP) is 4.76. The summed E-state index contributed by atoms with van der Waals surface area (Å²) in [6.07, 6.45) is 1.99. The Morgan fingerprint density at radius 3 is 2.59 bits per heavy atom. The molecule has 2 N–H and O–H groups in total. The third-order valence-corrected chi connectivity index (χ3v) is 5.57. The average Bonchev–Trinajstić information content (AvgIpc) is 3.24. The van der Waals surface area contributed by atoms with E-state index in [0.29, 0.717) is 41.1 Å². The molecule has 6 nitrogen and oxygen atoms in total. The summed E-state index contributed by atoms with van der Waals surface area (Å²) in [6, 6.07) is 24.6. The molecule has 0 spiro atoms. The van der Waals surface area contributed by atoms with E-state index in [9.17, 15) is 14.0 Å². The fourth-order valence-electron chi connectivity index (χ4n) is 3.86. The van der Waals surface area contributed by atoms with Crippen LogP contribution in [0.5, 0.6) is 0 Å². The second-order valence-electron chi connectivity index (χ2n) is 7.98. The van der Waals surface area contributed by atoms with Crippen molar-refractivity contribution in [3.8, 4) is 0 Å². The van der Waals surface area contributed by atoms with Crippen LogP contribution >= 0.6 is 0 Å². The first-order valence-electron chi connectivity index (χ1n) is 10.8. The maximum Gasteiger partial charge on any atom is 0.263 e. The number of rotatable bonds is 6. The van der Waals surface area contributed by atoms with Crippen molar-refractivity contribution in [3.05, 3.63) is 130 Å². The van der Waals surface area contributed by atoms with Crippen molar-refractivity contribution in [3.63, 3.8) is 0 Å². The van der Waals surface area contributed by atoms with Gasteiger partial charge in [0.1, 0.15) is 17.2 Å². The Balaban J connectivity index is 1.35. The number of anilines is 1. The summed E-state index contributed by atoms with van der Waals surface area (Å²) in [6.45, 7) is 0.381. The van der Waals surface area contributed by atoms with Gasteiger partial charge in [-0.05, 0) is 47.5 Å². The zero-order valence-electron chi connectivity index (χ0n) is 18.2. The maximum atomic E-state index is 14.0. The number of nitrogens with one attached hydrogen (secondary N) is 2. The summed E-state index contributed by atoms with van der Waals surface area (Å²) in [7, 11) is 0.